The highest BCUT2D eigenvalue weighted by molar-refractivity contribution is 5.91. The van der Waals surface area contributed by atoms with Gasteiger partial charge < -0.3 is 9.64 Å². The molecule has 0 fully saturated rings. The van der Waals surface area contributed by atoms with E-state index in [0.717, 1.165) is 11.3 Å². The second-order valence-electron chi connectivity index (χ2n) is 2.97. The van der Waals surface area contributed by atoms with Crippen LogP contribution in [0.15, 0.2) is 24.3 Å². The second kappa shape index (κ2) is 3.94. The summed E-state index contributed by atoms with van der Waals surface area (Å²) in [5.41, 5.74) is 1.92. The summed E-state index contributed by atoms with van der Waals surface area (Å²) in [6.45, 7) is 0. The van der Waals surface area contributed by atoms with E-state index in [9.17, 15) is 0 Å². The van der Waals surface area contributed by atoms with Crippen LogP contribution in [0, 0.1) is 5.41 Å². The smallest absolute Gasteiger partial charge is 0.212 e. The molecule has 0 unspecified atom stereocenters. The molecule has 0 radical (unpaired) electrons. The van der Waals surface area contributed by atoms with E-state index in [4.69, 9.17) is 10.1 Å². The lowest BCUT2D eigenvalue weighted by Crippen LogP contribution is -2.09. The molecule has 0 atom stereocenters. The van der Waals surface area contributed by atoms with E-state index in [0.29, 0.717) is 0 Å². The average molecular weight is 178 g/mol. The van der Waals surface area contributed by atoms with Gasteiger partial charge in [0.2, 0.25) is 5.90 Å². The summed E-state index contributed by atoms with van der Waals surface area (Å²) in [6.07, 6.45) is 0. The summed E-state index contributed by atoms with van der Waals surface area (Å²) in [5, 5.41) is 7.42. The minimum absolute atomic E-state index is 0.199. The average Bonchev–Trinajstić information content (AvgIpc) is 2.17. The van der Waals surface area contributed by atoms with Gasteiger partial charge in [-0.15, -0.1) is 0 Å². The fourth-order valence-electron chi connectivity index (χ4n) is 1.03. The first-order valence-corrected chi connectivity index (χ1v) is 4.05. The zero-order valence-electron chi connectivity index (χ0n) is 8.16. The van der Waals surface area contributed by atoms with Gasteiger partial charge in [0.05, 0.1) is 7.11 Å². The van der Waals surface area contributed by atoms with Crippen molar-refractivity contribution in [3.63, 3.8) is 0 Å². The fraction of sp³-hybridized carbons (Fsp3) is 0.300. The van der Waals surface area contributed by atoms with Crippen molar-refractivity contribution < 1.29 is 4.74 Å². The SMILES string of the molecule is COC(=N)c1ccc(N(C)C)cc1. The number of methoxy groups -OCH3 is 1. The maximum atomic E-state index is 7.42. The van der Waals surface area contributed by atoms with E-state index in [1.807, 2.05) is 43.3 Å². The molecule has 3 heteroatoms. The molecule has 0 aliphatic heterocycles. The van der Waals surface area contributed by atoms with Crippen molar-refractivity contribution in [1.29, 1.82) is 5.41 Å². The van der Waals surface area contributed by atoms with Gasteiger partial charge in [0.25, 0.3) is 0 Å². The fourth-order valence-corrected chi connectivity index (χ4v) is 1.03. The molecule has 1 aromatic rings. The van der Waals surface area contributed by atoms with Gasteiger partial charge in [-0.05, 0) is 24.3 Å². The number of nitrogens with zero attached hydrogens (tertiary/aromatic N) is 1. The Balaban J connectivity index is 2.87. The largest absolute Gasteiger partial charge is 0.481 e. The topological polar surface area (TPSA) is 36.3 Å². The molecule has 1 rings (SSSR count). The zero-order chi connectivity index (χ0) is 9.84. The molecule has 0 amide bonds. The lowest BCUT2D eigenvalue weighted by molar-refractivity contribution is 0.401. The lowest BCUT2D eigenvalue weighted by Gasteiger charge is -2.12. The van der Waals surface area contributed by atoms with Gasteiger partial charge >= 0.3 is 0 Å². The summed E-state index contributed by atoms with van der Waals surface area (Å²) in [7, 11) is 5.47. The zero-order valence-corrected chi connectivity index (χ0v) is 8.16. The van der Waals surface area contributed by atoms with E-state index in [1.165, 1.54) is 7.11 Å². The molecule has 0 aliphatic carbocycles. The van der Waals surface area contributed by atoms with Crippen molar-refractivity contribution in [3.05, 3.63) is 29.8 Å². The molecule has 0 aromatic heterocycles. The molecule has 0 saturated heterocycles. The quantitative estimate of drug-likeness (QED) is 0.553. The first-order chi connectivity index (χ1) is 6.15. The van der Waals surface area contributed by atoms with Gasteiger partial charge in [0.1, 0.15) is 0 Å². The minimum atomic E-state index is 0.199. The molecule has 0 saturated carbocycles. The molecule has 0 heterocycles. The number of ether oxygens (including phenoxy) is 1. The number of benzene rings is 1. The molecule has 1 aromatic carbocycles. The van der Waals surface area contributed by atoms with Crippen LogP contribution in [0.25, 0.3) is 0 Å². The van der Waals surface area contributed by atoms with E-state index in [-0.39, 0.29) is 5.90 Å². The maximum absolute atomic E-state index is 7.42. The number of anilines is 1. The number of nitrogens with one attached hydrogen (secondary N) is 1. The van der Waals surface area contributed by atoms with Crippen molar-refractivity contribution in [2.75, 3.05) is 26.1 Å². The van der Waals surface area contributed by atoms with Crippen molar-refractivity contribution in [2.24, 2.45) is 0 Å². The van der Waals surface area contributed by atoms with Crippen molar-refractivity contribution in [2.45, 2.75) is 0 Å². The molecule has 0 bridgehead atoms. The molecular weight excluding hydrogens is 164 g/mol. The van der Waals surface area contributed by atoms with E-state index in [1.54, 1.807) is 0 Å². The van der Waals surface area contributed by atoms with Crippen molar-refractivity contribution in [3.8, 4) is 0 Å². The normalized spacial score (nSPS) is 9.46. The third kappa shape index (κ3) is 2.21. The van der Waals surface area contributed by atoms with Gasteiger partial charge in [0, 0.05) is 25.3 Å². The van der Waals surface area contributed by atoms with Crippen LogP contribution in [0.2, 0.25) is 0 Å². The maximum Gasteiger partial charge on any atom is 0.212 e. The van der Waals surface area contributed by atoms with Crippen LogP contribution < -0.4 is 4.90 Å². The van der Waals surface area contributed by atoms with Gasteiger partial charge in [-0.3, -0.25) is 5.41 Å². The Morgan fingerprint density at radius 2 is 1.77 bits per heavy atom. The van der Waals surface area contributed by atoms with Crippen LogP contribution in [0.1, 0.15) is 5.56 Å². The molecular formula is C10H14N2O. The third-order valence-corrected chi connectivity index (χ3v) is 1.85. The Morgan fingerprint density at radius 1 is 1.23 bits per heavy atom. The molecule has 13 heavy (non-hydrogen) atoms. The molecule has 0 aliphatic rings. The minimum Gasteiger partial charge on any atom is -0.481 e. The Bertz CT molecular complexity index is 290. The molecule has 70 valence electrons. The first kappa shape index (κ1) is 9.58. The Morgan fingerprint density at radius 3 is 2.15 bits per heavy atom. The van der Waals surface area contributed by atoms with Crippen LogP contribution in [-0.2, 0) is 4.74 Å². The monoisotopic (exact) mass is 178 g/mol. The summed E-state index contributed by atoms with van der Waals surface area (Å²) >= 11 is 0. The van der Waals surface area contributed by atoms with Gasteiger partial charge in [-0.25, -0.2) is 0 Å². The number of hydrogen-bond acceptors (Lipinski definition) is 3. The van der Waals surface area contributed by atoms with Crippen LogP contribution in [-0.4, -0.2) is 27.1 Å². The summed E-state index contributed by atoms with van der Waals surface area (Å²) in [5.74, 6) is 0.199. The Labute approximate surface area is 78.4 Å². The Hall–Kier alpha value is -1.51. The van der Waals surface area contributed by atoms with Crippen LogP contribution in [0.5, 0.6) is 0 Å². The highest BCUT2D eigenvalue weighted by atomic mass is 16.5. The molecule has 1 N–H and O–H groups in total. The van der Waals surface area contributed by atoms with Gasteiger partial charge in [-0.1, -0.05) is 0 Å². The summed E-state index contributed by atoms with van der Waals surface area (Å²) in [4.78, 5) is 2.01. The summed E-state index contributed by atoms with van der Waals surface area (Å²) < 4.78 is 4.81. The molecule has 0 spiro atoms. The third-order valence-electron chi connectivity index (χ3n) is 1.85. The first-order valence-electron chi connectivity index (χ1n) is 4.05. The predicted octanol–water partition coefficient (Wildman–Crippen LogP) is 1.72. The van der Waals surface area contributed by atoms with Crippen LogP contribution in [0.4, 0.5) is 5.69 Å². The highest BCUT2D eigenvalue weighted by Crippen LogP contribution is 2.12. The number of hydrogen-bond donors (Lipinski definition) is 1. The molecule has 3 nitrogen and oxygen atoms in total. The summed E-state index contributed by atoms with van der Waals surface area (Å²) in [6, 6.07) is 7.67. The van der Waals surface area contributed by atoms with Crippen LogP contribution in [0.3, 0.4) is 0 Å². The van der Waals surface area contributed by atoms with Crippen molar-refractivity contribution in [1.82, 2.24) is 0 Å². The second-order valence-corrected chi connectivity index (χ2v) is 2.97. The van der Waals surface area contributed by atoms with E-state index >= 15 is 0 Å². The van der Waals surface area contributed by atoms with E-state index < -0.39 is 0 Å². The van der Waals surface area contributed by atoms with Crippen LogP contribution >= 0.6 is 0 Å². The van der Waals surface area contributed by atoms with Gasteiger partial charge in [0.15, 0.2) is 0 Å². The number of rotatable bonds is 2. The van der Waals surface area contributed by atoms with E-state index in [2.05, 4.69) is 0 Å². The highest BCUT2D eigenvalue weighted by Gasteiger charge is 2.00. The van der Waals surface area contributed by atoms with Gasteiger partial charge in [-0.2, -0.15) is 0 Å². The lowest BCUT2D eigenvalue weighted by atomic mass is 10.2. The predicted molar refractivity (Wildman–Crippen MR) is 54.6 cm³/mol. The Kier molecular flexibility index (Phi) is 2.90. The van der Waals surface area contributed by atoms with Crippen molar-refractivity contribution >= 4 is 11.6 Å². The standard InChI is InChI=1S/C10H14N2O/c1-12(2)9-6-4-8(5-7-9)10(11)13-3/h4-7,11H,1-3H3.